The van der Waals surface area contributed by atoms with Crippen LogP contribution in [0.5, 0.6) is 5.75 Å². The first kappa shape index (κ1) is 19.8. The van der Waals surface area contributed by atoms with Gasteiger partial charge in [0, 0.05) is 25.2 Å². The molecule has 1 atom stereocenters. The number of rotatable bonds is 5. The Bertz CT molecular complexity index is 1110. The Morgan fingerprint density at radius 2 is 2.07 bits per heavy atom. The number of carbonyl (C=O) groups excluding carboxylic acids is 1. The summed E-state index contributed by atoms with van der Waals surface area (Å²) in [5, 5.41) is 7.47. The van der Waals surface area contributed by atoms with E-state index in [1.54, 1.807) is 29.0 Å². The number of hydrogen-bond acceptors (Lipinski definition) is 5. The van der Waals surface area contributed by atoms with Crippen LogP contribution < -0.4 is 15.7 Å². The molecule has 3 heterocycles. The molecule has 1 N–H and O–H groups in total. The number of aromatic nitrogens is 4. The molecule has 0 saturated carbocycles. The van der Waals surface area contributed by atoms with Crippen LogP contribution in [0.1, 0.15) is 34.6 Å². The van der Waals surface area contributed by atoms with Gasteiger partial charge in [-0.3, -0.25) is 14.3 Å². The molecule has 0 saturated heterocycles. The molecular formula is C21H22FN5O3. The van der Waals surface area contributed by atoms with Gasteiger partial charge in [-0.05, 0) is 36.6 Å². The van der Waals surface area contributed by atoms with Gasteiger partial charge in [0.15, 0.2) is 0 Å². The van der Waals surface area contributed by atoms with E-state index in [1.165, 1.54) is 30.1 Å². The maximum Gasteiger partial charge on any atom is 0.346 e. The molecule has 0 aliphatic carbocycles. The molecule has 1 amide bonds. The predicted octanol–water partition coefficient (Wildman–Crippen LogP) is 1.77. The number of ether oxygens (including phenoxy) is 1. The highest BCUT2D eigenvalue weighted by molar-refractivity contribution is 5.94. The van der Waals surface area contributed by atoms with Crippen molar-refractivity contribution in [2.75, 3.05) is 7.11 Å². The smallest absolute Gasteiger partial charge is 0.346 e. The van der Waals surface area contributed by atoms with Gasteiger partial charge in [0.1, 0.15) is 17.4 Å². The number of amides is 1. The monoisotopic (exact) mass is 411 g/mol. The summed E-state index contributed by atoms with van der Waals surface area (Å²) >= 11 is 0. The topological polar surface area (TPSA) is 91.0 Å². The van der Waals surface area contributed by atoms with Crippen LogP contribution in [0.3, 0.4) is 0 Å². The standard InChI is InChI=1S/C21H22FN5O3/c1-30-18-10-15(11-23-12-18)20(28)24-17-6-7-19-25-27(21(29)26(19)9-8-17)13-14-2-4-16(22)5-3-14/h2-5,10-12,17H,6-9,13H2,1H3,(H,24,28). The van der Waals surface area contributed by atoms with Gasteiger partial charge in [0.25, 0.3) is 5.91 Å². The summed E-state index contributed by atoms with van der Waals surface area (Å²) in [6, 6.07) is 7.59. The number of fused-ring (bicyclic) bond motifs is 1. The Morgan fingerprint density at radius 1 is 1.27 bits per heavy atom. The molecule has 1 unspecified atom stereocenters. The van der Waals surface area contributed by atoms with Crippen LogP contribution >= 0.6 is 0 Å². The number of halogens is 1. The molecule has 9 heteroatoms. The van der Waals surface area contributed by atoms with Crippen molar-refractivity contribution in [3.05, 3.63) is 76.0 Å². The van der Waals surface area contributed by atoms with Crippen molar-refractivity contribution < 1.29 is 13.9 Å². The quantitative estimate of drug-likeness (QED) is 0.691. The number of aryl methyl sites for hydroxylation is 1. The number of benzene rings is 1. The number of nitrogens with one attached hydrogen (secondary N) is 1. The van der Waals surface area contributed by atoms with Crippen molar-refractivity contribution in [2.45, 2.75) is 38.4 Å². The number of hydrogen-bond donors (Lipinski definition) is 1. The average Bonchev–Trinajstić information content (AvgIpc) is 2.92. The molecule has 0 radical (unpaired) electrons. The second-order valence-corrected chi connectivity index (χ2v) is 7.25. The fourth-order valence-electron chi connectivity index (χ4n) is 3.56. The molecule has 1 aliphatic rings. The van der Waals surface area contributed by atoms with E-state index < -0.39 is 0 Å². The first-order valence-electron chi connectivity index (χ1n) is 9.74. The van der Waals surface area contributed by atoms with Crippen molar-refractivity contribution in [2.24, 2.45) is 0 Å². The summed E-state index contributed by atoms with van der Waals surface area (Å²) < 4.78 is 21.3. The lowest BCUT2D eigenvalue weighted by Crippen LogP contribution is -2.36. The minimum atomic E-state index is -0.315. The Balaban J connectivity index is 1.42. The molecule has 4 rings (SSSR count). The molecule has 0 spiro atoms. The highest BCUT2D eigenvalue weighted by Gasteiger charge is 2.22. The van der Waals surface area contributed by atoms with E-state index in [0.717, 1.165) is 5.56 Å². The second kappa shape index (κ2) is 8.48. The van der Waals surface area contributed by atoms with Crippen LogP contribution in [0.25, 0.3) is 0 Å². The zero-order valence-corrected chi connectivity index (χ0v) is 16.5. The summed E-state index contributed by atoms with van der Waals surface area (Å²) in [5.74, 6) is 0.677. The molecule has 3 aromatic rings. The van der Waals surface area contributed by atoms with E-state index in [4.69, 9.17) is 4.74 Å². The van der Waals surface area contributed by atoms with Crippen molar-refractivity contribution in [3.63, 3.8) is 0 Å². The molecule has 30 heavy (non-hydrogen) atoms. The Morgan fingerprint density at radius 3 is 2.83 bits per heavy atom. The average molecular weight is 411 g/mol. The van der Waals surface area contributed by atoms with E-state index in [1.807, 2.05) is 0 Å². The molecule has 156 valence electrons. The minimum absolute atomic E-state index is 0.0738. The van der Waals surface area contributed by atoms with Crippen LogP contribution in [-0.4, -0.2) is 38.4 Å². The maximum absolute atomic E-state index is 13.1. The molecule has 2 aromatic heterocycles. The van der Waals surface area contributed by atoms with E-state index >= 15 is 0 Å². The van der Waals surface area contributed by atoms with Crippen LogP contribution in [0.2, 0.25) is 0 Å². The Labute approximate surface area is 172 Å². The summed E-state index contributed by atoms with van der Waals surface area (Å²) in [7, 11) is 1.52. The predicted molar refractivity (Wildman–Crippen MR) is 107 cm³/mol. The normalized spacial score (nSPS) is 15.9. The zero-order chi connectivity index (χ0) is 21.1. The Hall–Kier alpha value is -3.49. The van der Waals surface area contributed by atoms with E-state index in [2.05, 4.69) is 15.4 Å². The first-order chi connectivity index (χ1) is 14.5. The summed E-state index contributed by atoms with van der Waals surface area (Å²) in [4.78, 5) is 29.3. The van der Waals surface area contributed by atoms with Crippen LogP contribution in [0, 0.1) is 5.82 Å². The Kier molecular flexibility index (Phi) is 5.60. The lowest BCUT2D eigenvalue weighted by Gasteiger charge is -2.16. The molecule has 0 bridgehead atoms. The molecule has 1 aromatic carbocycles. The van der Waals surface area contributed by atoms with Crippen molar-refractivity contribution >= 4 is 5.91 Å². The number of nitrogens with zero attached hydrogens (tertiary/aromatic N) is 4. The van der Waals surface area contributed by atoms with Gasteiger partial charge in [0.05, 0.1) is 25.4 Å². The maximum atomic E-state index is 13.1. The lowest BCUT2D eigenvalue weighted by molar-refractivity contribution is 0.0932. The first-order valence-corrected chi connectivity index (χ1v) is 9.74. The van der Waals surface area contributed by atoms with Gasteiger partial charge in [-0.1, -0.05) is 12.1 Å². The zero-order valence-electron chi connectivity index (χ0n) is 16.5. The third-order valence-corrected chi connectivity index (χ3v) is 5.21. The van der Waals surface area contributed by atoms with E-state index in [9.17, 15) is 14.0 Å². The van der Waals surface area contributed by atoms with Gasteiger partial charge in [0.2, 0.25) is 0 Å². The van der Waals surface area contributed by atoms with Crippen LogP contribution in [0.4, 0.5) is 4.39 Å². The molecule has 0 fully saturated rings. The van der Waals surface area contributed by atoms with Gasteiger partial charge < -0.3 is 10.1 Å². The minimum Gasteiger partial charge on any atom is -0.495 e. The SMILES string of the molecule is COc1cncc(C(=O)NC2CCc3nn(Cc4ccc(F)cc4)c(=O)n3CC2)c1. The van der Waals surface area contributed by atoms with Crippen LogP contribution in [-0.2, 0) is 19.5 Å². The van der Waals surface area contributed by atoms with Gasteiger partial charge >= 0.3 is 5.69 Å². The van der Waals surface area contributed by atoms with E-state index in [0.29, 0.717) is 49.5 Å². The van der Waals surface area contributed by atoms with Gasteiger partial charge in [-0.15, -0.1) is 0 Å². The van der Waals surface area contributed by atoms with Gasteiger partial charge in [-0.2, -0.15) is 5.10 Å². The fraction of sp³-hybridized carbons (Fsp3) is 0.333. The summed E-state index contributed by atoms with van der Waals surface area (Å²) in [6.07, 6.45) is 4.91. The number of methoxy groups -OCH3 is 1. The largest absolute Gasteiger partial charge is 0.495 e. The highest BCUT2D eigenvalue weighted by atomic mass is 19.1. The second-order valence-electron chi connectivity index (χ2n) is 7.25. The van der Waals surface area contributed by atoms with Crippen molar-refractivity contribution in [1.29, 1.82) is 0 Å². The van der Waals surface area contributed by atoms with Crippen LogP contribution in [0.15, 0.2) is 47.5 Å². The third-order valence-electron chi connectivity index (χ3n) is 5.21. The highest BCUT2D eigenvalue weighted by Crippen LogP contribution is 2.15. The lowest BCUT2D eigenvalue weighted by atomic mass is 10.1. The third kappa shape index (κ3) is 4.24. The molecule has 8 nitrogen and oxygen atoms in total. The van der Waals surface area contributed by atoms with Crippen molar-refractivity contribution in [3.8, 4) is 5.75 Å². The number of pyridine rings is 1. The molecule has 1 aliphatic heterocycles. The number of carbonyl (C=O) groups is 1. The summed E-state index contributed by atoms with van der Waals surface area (Å²) in [5.41, 5.74) is 1.04. The molecular weight excluding hydrogens is 389 g/mol. The van der Waals surface area contributed by atoms with E-state index in [-0.39, 0.29) is 23.5 Å². The fourth-order valence-corrected chi connectivity index (χ4v) is 3.56. The van der Waals surface area contributed by atoms with Crippen molar-refractivity contribution in [1.82, 2.24) is 24.6 Å². The summed E-state index contributed by atoms with van der Waals surface area (Å²) in [6.45, 7) is 0.765. The van der Waals surface area contributed by atoms with Gasteiger partial charge in [-0.25, -0.2) is 13.9 Å².